The predicted molar refractivity (Wildman–Crippen MR) is 56.9 cm³/mol. The number of carbonyl (C=O) groups is 1. The first-order valence-electron chi connectivity index (χ1n) is 4.61. The Balaban J connectivity index is 3.08. The van der Waals surface area contributed by atoms with Gasteiger partial charge in [0.05, 0.1) is 0 Å². The van der Waals surface area contributed by atoms with Gasteiger partial charge in [-0.2, -0.15) is 0 Å². The van der Waals surface area contributed by atoms with Crippen LogP contribution in [-0.2, 0) is 4.79 Å². The first kappa shape index (κ1) is 10.5. The molecule has 0 spiro atoms. The summed E-state index contributed by atoms with van der Waals surface area (Å²) in [7, 11) is 0. The lowest BCUT2D eigenvalue weighted by Crippen LogP contribution is -1.98. The second-order valence-corrected chi connectivity index (χ2v) is 3.46. The highest BCUT2D eigenvalue weighted by Crippen LogP contribution is 2.22. The van der Waals surface area contributed by atoms with Crippen molar-refractivity contribution in [1.82, 2.24) is 0 Å². The van der Waals surface area contributed by atoms with E-state index in [1.165, 1.54) is 6.08 Å². The molecule has 2 nitrogen and oxygen atoms in total. The molecule has 1 N–H and O–H groups in total. The summed E-state index contributed by atoms with van der Waals surface area (Å²) in [5, 5.41) is 8.72. The van der Waals surface area contributed by atoms with E-state index < -0.39 is 5.97 Å². The van der Waals surface area contributed by atoms with Gasteiger partial charge in [0.1, 0.15) is 0 Å². The molecule has 0 aliphatic rings. The molecule has 0 saturated carbocycles. The van der Waals surface area contributed by atoms with E-state index in [1.807, 2.05) is 44.2 Å². The number of carboxylic acids is 1. The molecule has 0 heterocycles. The Morgan fingerprint density at radius 2 is 1.86 bits per heavy atom. The summed E-state index contributed by atoms with van der Waals surface area (Å²) in [4.78, 5) is 10.6. The maximum Gasteiger partial charge on any atom is 0.328 e. The van der Waals surface area contributed by atoms with Crippen LogP contribution < -0.4 is 0 Å². The van der Waals surface area contributed by atoms with E-state index in [4.69, 9.17) is 5.11 Å². The Bertz CT molecular complexity index is 337. The largest absolute Gasteiger partial charge is 0.478 e. The van der Waals surface area contributed by atoms with E-state index in [2.05, 4.69) is 0 Å². The van der Waals surface area contributed by atoms with E-state index in [0.717, 1.165) is 11.1 Å². The standard InChI is InChI=1S/C12H14O2/c1-9(2)11(8-12(13)14)10-6-4-3-5-7-10/h3-9H,1-2H3,(H,13,14)/b11-8+. The van der Waals surface area contributed by atoms with Crippen molar-refractivity contribution in [1.29, 1.82) is 0 Å². The van der Waals surface area contributed by atoms with E-state index in [1.54, 1.807) is 0 Å². The van der Waals surface area contributed by atoms with Crippen molar-refractivity contribution in [3.05, 3.63) is 42.0 Å². The van der Waals surface area contributed by atoms with Gasteiger partial charge in [-0.05, 0) is 17.1 Å². The monoisotopic (exact) mass is 190 g/mol. The number of allylic oxidation sites excluding steroid dienone is 1. The lowest BCUT2D eigenvalue weighted by Gasteiger charge is -2.10. The molecule has 0 radical (unpaired) electrons. The van der Waals surface area contributed by atoms with Gasteiger partial charge in [0.15, 0.2) is 0 Å². The third kappa shape index (κ3) is 2.73. The predicted octanol–water partition coefficient (Wildman–Crippen LogP) is 2.81. The van der Waals surface area contributed by atoms with Gasteiger partial charge in [-0.1, -0.05) is 44.2 Å². The number of carboxylic acid groups (broad SMARTS) is 1. The second kappa shape index (κ2) is 4.61. The first-order valence-corrected chi connectivity index (χ1v) is 4.61. The highest BCUT2D eigenvalue weighted by Gasteiger charge is 2.07. The van der Waals surface area contributed by atoms with Crippen LogP contribution in [0.2, 0.25) is 0 Å². The minimum absolute atomic E-state index is 0.216. The van der Waals surface area contributed by atoms with Crippen LogP contribution in [0.15, 0.2) is 36.4 Å². The summed E-state index contributed by atoms with van der Waals surface area (Å²) >= 11 is 0. The molecular weight excluding hydrogens is 176 g/mol. The second-order valence-electron chi connectivity index (χ2n) is 3.46. The Morgan fingerprint density at radius 3 is 2.29 bits per heavy atom. The van der Waals surface area contributed by atoms with Gasteiger partial charge in [0.25, 0.3) is 0 Å². The number of hydrogen-bond donors (Lipinski definition) is 1. The average Bonchev–Trinajstić information content (AvgIpc) is 2.15. The smallest absolute Gasteiger partial charge is 0.328 e. The summed E-state index contributed by atoms with van der Waals surface area (Å²) < 4.78 is 0. The van der Waals surface area contributed by atoms with E-state index in [0.29, 0.717) is 0 Å². The van der Waals surface area contributed by atoms with Crippen molar-refractivity contribution < 1.29 is 9.90 Å². The van der Waals surface area contributed by atoms with Crippen molar-refractivity contribution in [2.24, 2.45) is 5.92 Å². The van der Waals surface area contributed by atoms with Crippen LogP contribution >= 0.6 is 0 Å². The van der Waals surface area contributed by atoms with Crippen molar-refractivity contribution in [3.63, 3.8) is 0 Å². The van der Waals surface area contributed by atoms with Crippen LogP contribution in [0.25, 0.3) is 5.57 Å². The normalized spacial score (nSPS) is 11.8. The lowest BCUT2D eigenvalue weighted by atomic mass is 9.95. The number of hydrogen-bond acceptors (Lipinski definition) is 1. The average molecular weight is 190 g/mol. The van der Waals surface area contributed by atoms with E-state index >= 15 is 0 Å². The number of rotatable bonds is 3. The first-order chi connectivity index (χ1) is 6.61. The summed E-state index contributed by atoms with van der Waals surface area (Å²) in [6.07, 6.45) is 1.28. The SMILES string of the molecule is CC(C)/C(=C\C(=O)O)c1ccccc1. The van der Waals surface area contributed by atoms with Gasteiger partial charge < -0.3 is 5.11 Å². The van der Waals surface area contributed by atoms with Crippen LogP contribution in [0.3, 0.4) is 0 Å². The van der Waals surface area contributed by atoms with Gasteiger partial charge in [0, 0.05) is 6.08 Å². The fourth-order valence-corrected chi connectivity index (χ4v) is 1.35. The Morgan fingerprint density at radius 1 is 1.29 bits per heavy atom. The van der Waals surface area contributed by atoms with Crippen LogP contribution in [0.5, 0.6) is 0 Å². The van der Waals surface area contributed by atoms with Crippen molar-refractivity contribution in [3.8, 4) is 0 Å². The molecule has 0 aliphatic carbocycles. The summed E-state index contributed by atoms with van der Waals surface area (Å²) in [6, 6.07) is 9.59. The van der Waals surface area contributed by atoms with Crippen LogP contribution in [0.4, 0.5) is 0 Å². The topological polar surface area (TPSA) is 37.3 Å². The van der Waals surface area contributed by atoms with Crippen molar-refractivity contribution in [2.45, 2.75) is 13.8 Å². The number of benzene rings is 1. The van der Waals surface area contributed by atoms with Gasteiger partial charge >= 0.3 is 5.97 Å². The third-order valence-corrected chi connectivity index (χ3v) is 2.01. The molecule has 1 aromatic rings. The molecule has 74 valence electrons. The summed E-state index contributed by atoms with van der Waals surface area (Å²) in [5.41, 5.74) is 1.84. The molecule has 0 aromatic heterocycles. The molecule has 0 fully saturated rings. The van der Waals surface area contributed by atoms with Crippen molar-refractivity contribution in [2.75, 3.05) is 0 Å². The van der Waals surface area contributed by atoms with Crippen LogP contribution in [0.1, 0.15) is 19.4 Å². The van der Waals surface area contributed by atoms with E-state index in [9.17, 15) is 4.79 Å². The molecule has 0 atom stereocenters. The Kier molecular flexibility index (Phi) is 3.46. The molecule has 2 heteroatoms. The van der Waals surface area contributed by atoms with E-state index in [-0.39, 0.29) is 5.92 Å². The minimum atomic E-state index is -0.891. The van der Waals surface area contributed by atoms with Crippen LogP contribution in [0, 0.1) is 5.92 Å². The fraction of sp³-hybridized carbons (Fsp3) is 0.250. The molecule has 1 aromatic carbocycles. The van der Waals surface area contributed by atoms with Gasteiger partial charge in [-0.25, -0.2) is 4.79 Å². The minimum Gasteiger partial charge on any atom is -0.478 e. The maximum absolute atomic E-state index is 10.6. The zero-order chi connectivity index (χ0) is 10.6. The fourth-order valence-electron chi connectivity index (χ4n) is 1.35. The highest BCUT2D eigenvalue weighted by atomic mass is 16.4. The van der Waals surface area contributed by atoms with Gasteiger partial charge in [-0.3, -0.25) is 0 Å². The van der Waals surface area contributed by atoms with Crippen LogP contribution in [-0.4, -0.2) is 11.1 Å². The van der Waals surface area contributed by atoms with Gasteiger partial charge in [-0.15, -0.1) is 0 Å². The molecule has 1 rings (SSSR count). The zero-order valence-corrected chi connectivity index (χ0v) is 8.40. The zero-order valence-electron chi connectivity index (χ0n) is 8.40. The molecule has 0 amide bonds. The Hall–Kier alpha value is -1.57. The third-order valence-electron chi connectivity index (χ3n) is 2.01. The Labute approximate surface area is 83.9 Å². The lowest BCUT2D eigenvalue weighted by molar-refractivity contribution is -0.131. The molecule has 14 heavy (non-hydrogen) atoms. The summed E-state index contributed by atoms with van der Waals surface area (Å²) in [5.74, 6) is -0.675. The van der Waals surface area contributed by atoms with Crippen molar-refractivity contribution >= 4 is 11.5 Å². The molecular formula is C12H14O2. The maximum atomic E-state index is 10.6. The summed E-state index contributed by atoms with van der Waals surface area (Å²) in [6.45, 7) is 3.98. The van der Waals surface area contributed by atoms with Gasteiger partial charge in [0.2, 0.25) is 0 Å². The number of aliphatic carboxylic acids is 1. The molecule has 0 saturated heterocycles. The molecule has 0 bridgehead atoms. The quantitative estimate of drug-likeness (QED) is 0.744. The highest BCUT2D eigenvalue weighted by molar-refractivity contribution is 5.90. The molecule has 0 unspecified atom stereocenters. The molecule has 0 aliphatic heterocycles.